The van der Waals surface area contributed by atoms with Crippen molar-refractivity contribution in [1.82, 2.24) is 9.88 Å². The van der Waals surface area contributed by atoms with Crippen molar-refractivity contribution in [3.05, 3.63) is 47.3 Å². The Morgan fingerprint density at radius 3 is 2.43 bits per heavy atom. The van der Waals surface area contributed by atoms with Gasteiger partial charge in [-0.3, -0.25) is 9.59 Å². The molecule has 150 valence electrons. The van der Waals surface area contributed by atoms with Gasteiger partial charge in [-0.1, -0.05) is 0 Å². The number of hydrogen-bond donors (Lipinski definition) is 1. The maximum Gasteiger partial charge on any atom is 0.355 e. The highest BCUT2D eigenvalue weighted by molar-refractivity contribution is 5.98. The normalized spacial score (nSPS) is 11.5. The van der Waals surface area contributed by atoms with E-state index in [1.54, 1.807) is 39.3 Å². The number of hydrogen-bond acceptors (Lipinski definition) is 6. The lowest BCUT2D eigenvalue weighted by Gasteiger charge is -2.18. The minimum atomic E-state index is -0.684. The van der Waals surface area contributed by atoms with Gasteiger partial charge < -0.3 is 24.1 Å². The second-order valence-corrected chi connectivity index (χ2v) is 6.25. The number of Topliss-reactive ketones (excluding diaryl/α,β-unsaturated/α-hetero) is 1. The molecule has 0 aliphatic heterocycles. The van der Waals surface area contributed by atoms with Crippen molar-refractivity contribution >= 4 is 17.7 Å². The molecule has 1 N–H and O–H groups in total. The van der Waals surface area contributed by atoms with Crippen LogP contribution in [0.2, 0.25) is 0 Å². The molecular weight excluding hydrogens is 364 g/mol. The van der Waals surface area contributed by atoms with Crippen LogP contribution in [0.4, 0.5) is 0 Å². The highest BCUT2D eigenvalue weighted by Gasteiger charge is 2.19. The summed E-state index contributed by atoms with van der Waals surface area (Å²) in [5.41, 5.74) is 1.33. The predicted octanol–water partition coefficient (Wildman–Crippen LogP) is 2.28. The van der Waals surface area contributed by atoms with Crippen LogP contribution in [0.25, 0.3) is 0 Å². The smallest absolute Gasteiger partial charge is 0.355 e. The number of ether oxygens (including phenoxy) is 3. The number of esters is 1. The number of methoxy groups -OCH3 is 2. The van der Waals surface area contributed by atoms with Gasteiger partial charge >= 0.3 is 5.97 Å². The van der Waals surface area contributed by atoms with Gasteiger partial charge in [0.2, 0.25) is 0 Å². The van der Waals surface area contributed by atoms with Gasteiger partial charge in [0.15, 0.2) is 12.4 Å². The molecule has 0 aliphatic carbocycles. The summed E-state index contributed by atoms with van der Waals surface area (Å²) in [7, 11) is 4.71. The Hall–Kier alpha value is -3.29. The molecule has 0 saturated carbocycles. The van der Waals surface area contributed by atoms with Gasteiger partial charge in [0.05, 0.1) is 20.3 Å². The number of carbonyl (C=O) groups excluding carboxylic acids is 3. The maximum atomic E-state index is 12.2. The quantitative estimate of drug-likeness (QED) is 0.551. The van der Waals surface area contributed by atoms with Crippen LogP contribution < -0.4 is 14.8 Å². The van der Waals surface area contributed by atoms with Crippen LogP contribution >= 0.6 is 0 Å². The number of nitrogens with one attached hydrogen (secondary N) is 1. The van der Waals surface area contributed by atoms with E-state index in [4.69, 9.17) is 14.2 Å². The van der Waals surface area contributed by atoms with Crippen LogP contribution in [0.5, 0.6) is 11.5 Å². The predicted molar refractivity (Wildman–Crippen MR) is 102 cm³/mol. The van der Waals surface area contributed by atoms with E-state index in [-0.39, 0.29) is 11.5 Å². The molecule has 2 aromatic rings. The standard InChI is InChI=1S/C20H24N2O6/c1-12(16-9-15(26-4)6-7-18(16)27-5)21-19(24)11-28-20(25)17-8-14(13(2)23)10-22(17)3/h6-10,12H,11H2,1-5H3,(H,21,24)/t12-/m0/s1. The molecule has 0 spiro atoms. The van der Waals surface area contributed by atoms with E-state index in [1.807, 2.05) is 0 Å². The molecule has 0 unspecified atom stereocenters. The lowest BCUT2D eigenvalue weighted by atomic mass is 10.1. The summed E-state index contributed by atoms with van der Waals surface area (Å²) < 4.78 is 17.1. The fourth-order valence-corrected chi connectivity index (χ4v) is 2.70. The van der Waals surface area contributed by atoms with Crippen LogP contribution in [-0.4, -0.2) is 43.1 Å². The van der Waals surface area contributed by atoms with E-state index < -0.39 is 24.5 Å². The summed E-state index contributed by atoms with van der Waals surface area (Å²) in [5, 5.41) is 2.75. The average molecular weight is 388 g/mol. The molecule has 1 atom stereocenters. The second kappa shape index (κ2) is 9.07. The Morgan fingerprint density at radius 2 is 1.86 bits per heavy atom. The first kappa shape index (κ1) is 21.0. The second-order valence-electron chi connectivity index (χ2n) is 6.25. The van der Waals surface area contributed by atoms with E-state index in [0.717, 1.165) is 5.56 Å². The number of benzene rings is 1. The van der Waals surface area contributed by atoms with Crippen LogP contribution in [0.1, 0.15) is 46.3 Å². The van der Waals surface area contributed by atoms with Gasteiger partial charge in [-0.15, -0.1) is 0 Å². The van der Waals surface area contributed by atoms with Crippen LogP contribution in [-0.2, 0) is 16.6 Å². The van der Waals surface area contributed by atoms with E-state index in [1.165, 1.54) is 30.9 Å². The zero-order valence-corrected chi connectivity index (χ0v) is 16.6. The Balaban J connectivity index is 1.99. The minimum Gasteiger partial charge on any atom is -0.497 e. The summed E-state index contributed by atoms with van der Waals surface area (Å²) in [4.78, 5) is 35.8. The van der Waals surface area contributed by atoms with E-state index in [2.05, 4.69) is 5.32 Å². The molecule has 0 fully saturated rings. The number of nitrogens with zero attached hydrogens (tertiary/aromatic N) is 1. The number of aromatic nitrogens is 1. The molecule has 0 bridgehead atoms. The SMILES string of the molecule is COc1ccc(OC)c([C@H](C)NC(=O)COC(=O)c2cc(C(C)=O)cn2C)c1. The maximum absolute atomic E-state index is 12.2. The van der Waals surface area contributed by atoms with Crippen molar-refractivity contribution in [2.45, 2.75) is 19.9 Å². The largest absolute Gasteiger partial charge is 0.497 e. The first-order valence-electron chi connectivity index (χ1n) is 8.62. The molecule has 28 heavy (non-hydrogen) atoms. The van der Waals surface area contributed by atoms with E-state index >= 15 is 0 Å². The number of ketones is 1. The van der Waals surface area contributed by atoms with Gasteiger partial charge in [-0.25, -0.2) is 4.79 Å². The third-order valence-electron chi connectivity index (χ3n) is 4.24. The fraction of sp³-hybridized carbons (Fsp3) is 0.350. The van der Waals surface area contributed by atoms with Crippen molar-refractivity contribution in [3.63, 3.8) is 0 Å². The zero-order valence-electron chi connectivity index (χ0n) is 16.6. The van der Waals surface area contributed by atoms with Gasteiger partial charge in [-0.05, 0) is 38.1 Å². The minimum absolute atomic E-state index is 0.159. The van der Waals surface area contributed by atoms with Crippen molar-refractivity contribution in [1.29, 1.82) is 0 Å². The number of rotatable bonds is 8. The van der Waals surface area contributed by atoms with Gasteiger partial charge in [0, 0.05) is 24.4 Å². The Kier molecular flexibility index (Phi) is 6.81. The van der Waals surface area contributed by atoms with Gasteiger partial charge in [0.1, 0.15) is 17.2 Å². The molecule has 8 heteroatoms. The summed E-state index contributed by atoms with van der Waals surface area (Å²) in [6.07, 6.45) is 1.54. The third kappa shape index (κ3) is 4.91. The topological polar surface area (TPSA) is 95.9 Å². The highest BCUT2D eigenvalue weighted by atomic mass is 16.5. The molecule has 1 amide bonds. The van der Waals surface area contributed by atoms with E-state index in [0.29, 0.717) is 17.1 Å². The Labute approximate surface area is 163 Å². The lowest BCUT2D eigenvalue weighted by molar-refractivity contribution is -0.124. The molecule has 8 nitrogen and oxygen atoms in total. The van der Waals surface area contributed by atoms with Crippen LogP contribution in [0.3, 0.4) is 0 Å². The highest BCUT2D eigenvalue weighted by Crippen LogP contribution is 2.29. The van der Waals surface area contributed by atoms with Gasteiger partial charge in [-0.2, -0.15) is 0 Å². The third-order valence-corrected chi connectivity index (χ3v) is 4.24. The monoisotopic (exact) mass is 388 g/mol. The van der Waals surface area contributed by atoms with Crippen molar-refractivity contribution in [3.8, 4) is 11.5 Å². The van der Waals surface area contributed by atoms with Gasteiger partial charge in [0.25, 0.3) is 5.91 Å². The summed E-state index contributed by atoms with van der Waals surface area (Å²) >= 11 is 0. The molecular formula is C20H24N2O6. The molecule has 0 aliphatic rings. The Bertz CT molecular complexity index is 887. The summed E-state index contributed by atoms with van der Waals surface area (Å²) in [5.74, 6) is -0.0728. The van der Waals surface area contributed by atoms with E-state index in [9.17, 15) is 14.4 Å². The number of aryl methyl sites for hydroxylation is 1. The first-order valence-corrected chi connectivity index (χ1v) is 8.62. The lowest BCUT2D eigenvalue weighted by Crippen LogP contribution is -2.31. The molecule has 1 aromatic carbocycles. The molecule has 0 radical (unpaired) electrons. The molecule has 2 rings (SSSR count). The summed E-state index contributed by atoms with van der Waals surface area (Å²) in [6, 6.07) is 6.32. The summed E-state index contributed by atoms with van der Waals surface area (Å²) in [6.45, 7) is 2.75. The van der Waals surface area contributed by atoms with Crippen LogP contribution in [0, 0.1) is 0 Å². The molecule has 1 heterocycles. The molecule has 0 saturated heterocycles. The Morgan fingerprint density at radius 1 is 1.14 bits per heavy atom. The van der Waals surface area contributed by atoms with Crippen molar-refractivity contribution < 1.29 is 28.6 Å². The van der Waals surface area contributed by atoms with Crippen molar-refractivity contribution in [2.24, 2.45) is 7.05 Å². The van der Waals surface area contributed by atoms with Crippen molar-refractivity contribution in [2.75, 3.05) is 20.8 Å². The average Bonchev–Trinajstić information content (AvgIpc) is 3.07. The first-order chi connectivity index (χ1) is 13.3. The van der Waals surface area contributed by atoms with Crippen LogP contribution in [0.15, 0.2) is 30.5 Å². The number of amides is 1. The fourth-order valence-electron chi connectivity index (χ4n) is 2.70. The zero-order chi connectivity index (χ0) is 20.8. The number of carbonyl (C=O) groups is 3. The molecule has 1 aromatic heterocycles.